The number of ether oxygens (including phenoxy) is 1. The van der Waals surface area contributed by atoms with Crippen molar-refractivity contribution in [3.05, 3.63) is 18.2 Å². The highest BCUT2D eigenvalue weighted by Crippen LogP contribution is 2.27. The molecule has 1 aliphatic rings. The molecule has 0 bridgehead atoms. The van der Waals surface area contributed by atoms with Gasteiger partial charge in [0, 0.05) is 18.3 Å². The molecule has 1 saturated heterocycles. The van der Waals surface area contributed by atoms with E-state index in [0.717, 1.165) is 19.4 Å². The lowest BCUT2D eigenvalue weighted by Crippen LogP contribution is -2.46. The van der Waals surface area contributed by atoms with Crippen LogP contribution >= 0.6 is 0 Å². The first-order chi connectivity index (χ1) is 9.92. The van der Waals surface area contributed by atoms with Crippen LogP contribution in [0.15, 0.2) is 23.1 Å². The second-order valence-corrected chi connectivity index (χ2v) is 7.04. The van der Waals surface area contributed by atoms with Crippen LogP contribution in [0.5, 0.6) is 5.75 Å². The van der Waals surface area contributed by atoms with Crippen molar-refractivity contribution >= 4 is 15.7 Å². The number of anilines is 1. The normalized spacial score (nSPS) is 20.4. The van der Waals surface area contributed by atoms with Crippen LogP contribution in [0, 0.1) is 0 Å². The van der Waals surface area contributed by atoms with Gasteiger partial charge in [0.2, 0.25) is 10.0 Å². The number of rotatable bonds is 5. The molecule has 21 heavy (non-hydrogen) atoms. The molecule has 1 unspecified atom stereocenters. The van der Waals surface area contributed by atoms with E-state index >= 15 is 0 Å². The zero-order valence-electron chi connectivity index (χ0n) is 12.5. The molecule has 0 spiro atoms. The topological polar surface area (TPSA) is 84.7 Å². The molecule has 2 rings (SSSR count). The number of nitrogen functional groups attached to an aromatic ring is 1. The second-order valence-electron chi connectivity index (χ2n) is 5.36. The number of nitrogens with one attached hydrogen (secondary N) is 1. The van der Waals surface area contributed by atoms with E-state index in [1.165, 1.54) is 6.07 Å². The zero-order valence-corrected chi connectivity index (χ0v) is 13.3. The molecule has 1 aliphatic heterocycles. The van der Waals surface area contributed by atoms with E-state index in [2.05, 4.69) is 9.62 Å². The van der Waals surface area contributed by atoms with Gasteiger partial charge in [0.1, 0.15) is 10.6 Å². The van der Waals surface area contributed by atoms with Crippen molar-refractivity contribution in [1.82, 2.24) is 9.62 Å². The third-order valence-electron chi connectivity index (χ3n) is 3.50. The molecule has 1 aromatic rings. The van der Waals surface area contributed by atoms with Crippen molar-refractivity contribution in [2.45, 2.75) is 30.7 Å². The monoisotopic (exact) mass is 313 g/mol. The number of hydrogen-bond acceptors (Lipinski definition) is 5. The first-order valence-corrected chi connectivity index (χ1v) is 8.64. The van der Waals surface area contributed by atoms with E-state index in [9.17, 15) is 8.42 Å². The molecule has 0 radical (unpaired) electrons. The Bertz CT molecular complexity index is 589. The van der Waals surface area contributed by atoms with Gasteiger partial charge in [-0.15, -0.1) is 0 Å². The van der Waals surface area contributed by atoms with E-state index < -0.39 is 10.0 Å². The first kappa shape index (κ1) is 16.1. The Kier molecular flexibility index (Phi) is 5.08. The Morgan fingerprint density at radius 2 is 2.24 bits per heavy atom. The summed E-state index contributed by atoms with van der Waals surface area (Å²) < 4.78 is 33.3. The molecular weight excluding hydrogens is 290 g/mol. The van der Waals surface area contributed by atoms with Crippen molar-refractivity contribution in [3.63, 3.8) is 0 Å². The van der Waals surface area contributed by atoms with Gasteiger partial charge in [0.15, 0.2) is 0 Å². The van der Waals surface area contributed by atoms with Gasteiger partial charge >= 0.3 is 0 Å². The quantitative estimate of drug-likeness (QED) is 0.794. The highest BCUT2D eigenvalue weighted by atomic mass is 32.2. The number of likely N-dealkylation sites (tertiary alicyclic amines) is 1. The standard InChI is InChI=1S/C14H23N3O3S/c1-3-20-13-7-6-11(15)9-14(13)21(18,19)16-12-5-4-8-17(2)10-12/h6-7,9,12,16H,3-5,8,10,15H2,1-2H3. The lowest BCUT2D eigenvalue weighted by molar-refractivity contribution is 0.242. The maximum atomic E-state index is 12.6. The van der Waals surface area contributed by atoms with Gasteiger partial charge in [-0.05, 0) is 51.6 Å². The summed E-state index contributed by atoms with van der Waals surface area (Å²) in [5.41, 5.74) is 6.12. The average Bonchev–Trinajstić information content (AvgIpc) is 2.40. The van der Waals surface area contributed by atoms with E-state index in [1.807, 2.05) is 14.0 Å². The van der Waals surface area contributed by atoms with Gasteiger partial charge < -0.3 is 15.4 Å². The summed E-state index contributed by atoms with van der Waals surface area (Å²) in [6, 6.07) is 4.60. The van der Waals surface area contributed by atoms with Gasteiger partial charge in [-0.2, -0.15) is 0 Å². The van der Waals surface area contributed by atoms with Crippen LogP contribution < -0.4 is 15.2 Å². The minimum absolute atomic E-state index is 0.0790. The zero-order chi connectivity index (χ0) is 15.5. The van der Waals surface area contributed by atoms with Crippen LogP contribution in [-0.4, -0.2) is 46.1 Å². The van der Waals surface area contributed by atoms with Crippen LogP contribution in [0.2, 0.25) is 0 Å². The smallest absolute Gasteiger partial charge is 0.244 e. The Labute approximate surface area is 126 Å². The Balaban J connectivity index is 2.24. The van der Waals surface area contributed by atoms with Gasteiger partial charge in [0.05, 0.1) is 6.61 Å². The SMILES string of the molecule is CCOc1ccc(N)cc1S(=O)(=O)NC1CCCN(C)C1. The molecule has 0 aromatic heterocycles. The molecule has 1 atom stereocenters. The van der Waals surface area contributed by atoms with Crippen LogP contribution in [0.1, 0.15) is 19.8 Å². The highest BCUT2D eigenvalue weighted by Gasteiger charge is 2.26. The third kappa shape index (κ3) is 4.09. The molecule has 118 valence electrons. The average molecular weight is 313 g/mol. The first-order valence-electron chi connectivity index (χ1n) is 7.15. The summed E-state index contributed by atoms with van der Waals surface area (Å²) >= 11 is 0. The number of piperidine rings is 1. The van der Waals surface area contributed by atoms with Crippen molar-refractivity contribution in [1.29, 1.82) is 0 Å². The number of nitrogens with two attached hydrogens (primary N) is 1. The van der Waals surface area contributed by atoms with Crippen molar-refractivity contribution in [2.75, 3.05) is 32.5 Å². The fraction of sp³-hybridized carbons (Fsp3) is 0.571. The van der Waals surface area contributed by atoms with E-state index in [4.69, 9.17) is 10.5 Å². The summed E-state index contributed by atoms with van der Waals surface area (Å²) in [6.45, 7) is 3.93. The maximum absolute atomic E-state index is 12.6. The predicted octanol–water partition coefficient (Wildman–Crippen LogP) is 1.04. The Morgan fingerprint density at radius 3 is 2.90 bits per heavy atom. The summed E-state index contributed by atoms with van der Waals surface area (Å²) in [6.07, 6.45) is 1.83. The fourth-order valence-corrected chi connectivity index (χ4v) is 4.00. The van der Waals surface area contributed by atoms with Gasteiger partial charge in [0.25, 0.3) is 0 Å². The van der Waals surface area contributed by atoms with Gasteiger partial charge in [-0.1, -0.05) is 0 Å². The number of benzene rings is 1. The Morgan fingerprint density at radius 1 is 1.48 bits per heavy atom. The predicted molar refractivity (Wildman–Crippen MR) is 82.9 cm³/mol. The van der Waals surface area contributed by atoms with Crippen LogP contribution in [0.4, 0.5) is 5.69 Å². The van der Waals surface area contributed by atoms with Crippen molar-refractivity contribution in [3.8, 4) is 5.75 Å². The minimum atomic E-state index is -3.64. The molecule has 0 amide bonds. The number of likely N-dealkylation sites (N-methyl/N-ethyl adjacent to an activating group) is 1. The summed E-state index contributed by atoms with van der Waals surface area (Å²) in [7, 11) is -1.65. The number of nitrogens with zero attached hydrogens (tertiary/aromatic N) is 1. The van der Waals surface area contributed by atoms with Gasteiger partial charge in [-0.3, -0.25) is 0 Å². The van der Waals surface area contributed by atoms with E-state index in [0.29, 0.717) is 24.6 Å². The number of sulfonamides is 1. The van der Waals surface area contributed by atoms with Crippen LogP contribution in [-0.2, 0) is 10.0 Å². The summed E-state index contributed by atoms with van der Waals surface area (Å²) in [4.78, 5) is 2.23. The van der Waals surface area contributed by atoms with E-state index in [-0.39, 0.29) is 10.9 Å². The molecule has 1 aromatic carbocycles. The molecule has 3 N–H and O–H groups in total. The maximum Gasteiger partial charge on any atom is 0.244 e. The number of hydrogen-bond donors (Lipinski definition) is 2. The fourth-order valence-electron chi connectivity index (χ4n) is 2.55. The molecule has 0 aliphatic carbocycles. The van der Waals surface area contributed by atoms with Crippen molar-refractivity contribution < 1.29 is 13.2 Å². The molecule has 0 saturated carbocycles. The van der Waals surface area contributed by atoms with E-state index in [1.54, 1.807) is 12.1 Å². The highest BCUT2D eigenvalue weighted by molar-refractivity contribution is 7.89. The minimum Gasteiger partial charge on any atom is -0.492 e. The molecule has 1 fully saturated rings. The summed E-state index contributed by atoms with van der Waals surface area (Å²) in [5.74, 6) is 0.336. The Hall–Kier alpha value is -1.31. The molecule has 7 heteroatoms. The lowest BCUT2D eigenvalue weighted by atomic mass is 10.1. The van der Waals surface area contributed by atoms with Crippen molar-refractivity contribution in [2.24, 2.45) is 0 Å². The van der Waals surface area contributed by atoms with Gasteiger partial charge in [-0.25, -0.2) is 13.1 Å². The second kappa shape index (κ2) is 6.64. The van der Waals surface area contributed by atoms with Crippen LogP contribution in [0.3, 0.4) is 0 Å². The molecule has 1 heterocycles. The molecular formula is C14H23N3O3S. The van der Waals surface area contributed by atoms with Crippen LogP contribution in [0.25, 0.3) is 0 Å². The molecule has 6 nitrogen and oxygen atoms in total. The lowest BCUT2D eigenvalue weighted by Gasteiger charge is -2.30. The summed E-state index contributed by atoms with van der Waals surface area (Å²) in [5, 5.41) is 0. The third-order valence-corrected chi connectivity index (χ3v) is 5.05. The largest absolute Gasteiger partial charge is 0.492 e.